The van der Waals surface area contributed by atoms with Crippen LogP contribution in [0.4, 0.5) is 0 Å². The smallest absolute Gasteiger partial charge is 0.273 e. The molecule has 2 N–H and O–H groups in total. The van der Waals surface area contributed by atoms with Crippen LogP contribution in [0.3, 0.4) is 0 Å². The van der Waals surface area contributed by atoms with Crippen molar-refractivity contribution in [1.82, 2.24) is 19.9 Å². The van der Waals surface area contributed by atoms with Crippen molar-refractivity contribution in [2.45, 2.75) is 6.54 Å². The lowest BCUT2D eigenvalue weighted by atomic mass is 10.1. The van der Waals surface area contributed by atoms with Gasteiger partial charge in [-0.15, -0.1) is 0 Å². The van der Waals surface area contributed by atoms with Gasteiger partial charge in [0.05, 0.1) is 12.8 Å². The van der Waals surface area contributed by atoms with Crippen LogP contribution in [-0.4, -0.2) is 27.6 Å². The van der Waals surface area contributed by atoms with E-state index >= 15 is 0 Å². The fraction of sp³-hybridized carbons (Fsp3) is 0.0952. The summed E-state index contributed by atoms with van der Waals surface area (Å²) in [4.78, 5) is 29.6. The molecule has 2 heterocycles. The summed E-state index contributed by atoms with van der Waals surface area (Å²) in [6.45, 7) is 0.350. The quantitative estimate of drug-likeness (QED) is 0.562. The number of rotatable bonds is 5. The second-order valence-electron chi connectivity index (χ2n) is 6.22. The minimum Gasteiger partial charge on any atom is -0.497 e. The fourth-order valence-corrected chi connectivity index (χ4v) is 2.93. The van der Waals surface area contributed by atoms with Crippen LogP contribution in [0.15, 0.2) is 71.7 Å². The van der Waals surface area contributed by atoms with Crippen molar-refractivity contribution in [3.05, 3.63) is 88.3 Å². The Labute approximate surface area is 160 Å². The molecule has 0 unspecified atom stereocenters. The first-order chi connectivity index (χ1) is 13.7. The van der Waals surface area contributed by atoms with Crippen molar-refractivity contribution in [3.8, 4) is 17.0 Å². The Morgan fingerprint density at radius 1 is 1.14 bits per heavy atom. The topological polar surface area (TPSA) is 88.5 Å². The molecule has 0 aliphatic carbocycles. The number of carbonyl (C=O) groups excluding carboxylic acids is 1. The Hall–Kier alpha value is -3.87. The predicted octanol–water partition coefficient (Wildman–Crippen LogP) is 2.63. The number of carbonyl (C=O) groups is 1. The Balaban J connectivity index is 1.61. The third-order valence-electron chi connectivity index (χ3n) is 4.42. The first-order valence-corrected chi connectivity index (χ1v) is 8.73. The number of methoxy groups -OCH3 is 1. The minimum absolute atomic E-state index is 0.280. The van der Waals surface area contributed by atoms with E-state index < -0.39 is 0 Å². The van der Waals surface area contributed by atoms with E-state index in [4.69, 9.17) is 4.74 Å². The van der Waals surface area contributed by atoms with Crippen molar-refractivity contribution in [3.63, 3.8) is 0 Å². The maximum Gasteiger partial charge on any atom is 0.273 e. The molecule has 0 radical (unpaired) electrons. The molecule has 0 aliphatic rings. The Kier molecular flexibility index (Phi) is 4.63. The largest absolute Gasteiger partial charge is 0.497 e. The van der Waals surface area contributed by atoms with Gasteiger partial charge in [0, 0.05) is 24.4 Å². The second-order valence-corrected chi connectivity index (χ2v) is 6.22. The van der Waals surface area contributed by atoms with Crippen LogP contribution in [0, 0.1) is 0 Å². The van der Waals surface area contributed by atoms with Crippen LogP contribution in [0.2, 0.25) is 0 Å². The van der Waals surface area contributed by atoms with Crippen LogP contribution in [0.5, 0.6) is 5.75 Å². The van der Waals surface area contributed by atoms with Crippen molar-refractivity contribution >= 4 is 11.6 Å². The molecule has 0 saturated carbocycles. The van der Waals surface area contributed by atoms with E-state index in [9.17, 15) is 9.59 Å². The molecule has 0 atom stereocenters. The van der Waals surface area contributed by atoms with E-state index in [0.29, 0.717) is 23.4 Å². The zero-order valence-corrected chi connectivity index (χ0v) is 15.2. The minimum atomic E-state index is -0.313. The molecule has 0 saturated heterocycles. The first kappa shape index (κ1) is 17.5. The summed E-state index contributed by atoms with van der Waals surface area (Å²) >= 11 is 0. The van der Waals surface area contributed by atoms with Crippen molar-refractivity contribution < 1.29 is 9.53 Å². The van der Waals surface area contributed by atoms with Crippen LogP contribution in [0.1, 0.15) is 15.9 Å². The molecule has 140 valence electrons. The molecule has 2 aromatic heterocycles. The van der Waals surface area contributed by atoms with E-state index in [1.54, 1.807) is 7.11 Å². The highest BCUT2D eigenvalue weighted by Crippen LogP contribution is 2.17. The number of aromatic nitrogens is 3. The number of fused-ring (bicyclic) bond motifs is 1. The molecular formula is C21H18N4O3. The Bertz CT molecular complexity index is 1180. The Morgan fingerprint density at radius 2 is 1.89 bits per heavy atom. The van der Waals surface area contributed by atoms with Gasteiger partial charge in [0.1, 0.15) is 11.3 Å². The van der Waals surface area contributed by atoms with Gasteiger partial charge in [-0.1, -0.05) is 42.5 Å². The highest BCUT2D eigenvalue weighted by Gasteiger charge is 2.16. The SMILES string of the molecule is COc1ccc(CNC(=O)c2c[nH]n3c(=O)cc(-c4ccccc4)nc23)cc1. The number of amides is 1. The number of H-pyrrole nitrogens is 1. The summed E-state index contributed by atoms with van der Waals surface area (Å²) < 4.78 is 6.39. The number of aromatic amines is 1. The molecule has 2 aromatic carbocycles. The third-order valence-corrected chi connectivity index (χ3v) is 4.42. The van der Waals surface area contributed by atoms with E-state index in [2.05, 4.69) is 15.4 Å². The third kappa shape index (κ3) is 3.37. The number of ether oxygens (including phenoxy) is 1. The molecular weight excluding hydrogens is 356 g/mol. The lowest BCUT2D eigenvalue weighted by Crippen LogP contribution is -2.23. The lowest BCUT2D eigenvalue weighted by Gasteiger charge is -2.06. The normalized spacial score (nSPS) is 10.8. The summed E-state index contributed by atoms with van der Waals surface area (Å²) in [5, 5.41) is 5.65. The number of hydrogen-bond acceptors (Lipinski definition) is 4. The standard InChI is InChI=1S/C21H18N4O3/c1-28-16-9-7-14(8-10-16)12-22-21(27)17-13-23-25-19(26)11-18(24-20(17)25)15-5-3-2-4-6-15/h2-11,13,23H,12H2,1H3,(H,22,27). The molecule has 4 rings (SSSR count). The number of nitrogens with zero attached hydrogens (tertiary/aromatic N) is 2. The van der Waals surface area contributed by atoms with Gasteiger partial charge in [-0.2, -0.15) is 0 Å². The fourth-order valence-electron chi connectivity index (χ4n) is 2.93. The lowest BCUT2D eigenvalue weighted by molar-refractivity contribution is 0.0952. The summed E-state index contributed by atoms with van der Waals surface area (Å²) in [5.74, 6) is 0.440. The van der Waals surface area contributed by atoms with Crippen LogP contribution in [-0.2, 0) is 6.54 Å². The molecule has 0 aliphatic heterocycles. The van der Waals surface area contributed by atoms with Gasteiger partial charge in [0.2, 0.25) is 0 Å². The summed E-state index contributed by atoms with van der Waals surface area (Å²) in [6, 6.07) is 18.2. The molecule has 0 fully saturated rings. The van der Waals surface area contributed by atoms with Crippen molar-refractivity contribution in [2.75, 3.05) is 7.11 Å². The van der Waals surface area contributed by atoms with E-state index in [-0.39, 0.29) is 11.5 Å². The summed E-state index contributed by atoms with van der Waals surface area (Å²) in [5.41, 5.74) is 2.59. The summed E-state index contributed by atoms with van der Waals surface area (Å²) in [7, 11) is 1.60. The molecule has 7 nitrogen and oxygen atoms in total. The van der Waals surface area contributed by atoms with E-state index in [1.807, 2.05) is 54.6 Å². The Morgan fingerprint density at radius 3 is 2.61 bits per heavy atom. The van der Waals surface area contributed by atoms with Gasteiger partial charge >= 0.3 is 0 Å². The predicted molar refractivity (Wildman–Crippen MR) is 105 cm³/mol. The second kappa shape index (κ2) is 7.40. The molecule has 0 spiro atoms. The highest BCUT2D eigenvalue weighted by molar-refractivity contribution is 5.99. The number of nitrogens with one attached hydrogen (secondary N) is 2. The van der Waals surface area contributed by atoms with Gasteiger partial charge in [0.25, 0.3) is 11.5 Å². The van der Waals surface area contributed by atoms with Crippen molar-refractivity contribution in [1.29, 1.82) is 0 Å². The van der Waals surface area contributed by atoms with Gasteiger partial charge in [-0.05, 0) is 17.7 Å². The molecule has 28 heavy (non-hydrogen) atoms. The van der Waals surface area contributed by atoms with Gasteiger partial charge in [0.15, 0.2) is 5.65 Å². The van der Waals surface area contributed by atoms with Gasteiger partial charge in [-0.25, -0.2) is 9.50 Å². The average molecular weight is 374 g/mol. The molecule has 1 amide bonds. The first-order valence-electron chi connectivity index (χ1n) is 8.73. The zero-order valence-electron chi connectivity index (χ0n) is 15.2. The van der Waals surface area contributed by atoms with Crippen LogP contribution < -0.4 is 15.6 Å². The maximum absolute atomic E-state index is 12.7. The molecule has 4 aromatic rings. The number of hydrogen-bond donors (Lipinski definition) is 2. The molecule has 7 heteroatoms. The monoisotopic (exact) mass is 374 g/mol. The average Bonchev–Trinajstić information content (AvgIpc) is 3.18. The maximum atomic E-state index is 12.7. The zero-order chi connectivity index (χ0) is 19.5. The summed E-state index contributed by atoms with van der Waals surface area (Å²) in [6.07, 6.45) is 1.49. The van der Waals surface area contributed by atoms with E-state index in [1.165, 1.54) is 16.8 Å². The van der Waals surface area contributed by atoms with Gasteiger partial charge < -0.3 is 10.1 Å². The van der Waals surface area contributed by atoms with Crippen LogP contribution in [0.25, 0.3) is 16.9 Å². The van der Waals surface area contributed by atoms with Crippen LogP contribution >= 0.6 is 0 Å². The van der Waals surface area contributed by atoms with Crippen molar-refractivity contribution in [2.24, 2.45) is 0 Å². The van der Waals surface area contributed by atoms with Gasteiger partial charge in [-0.3, -0.25) is 14.7 Å². The van der Waals surface area contributed by atoms with E-state index in [0.717, 1.165) is 16.9 Å². The highest BCUT2D eigenvalue weighted by atomic mass is 16.5. The molecule has 0 bridgehead atoms. The number of benzene rings is 2.